The zero-order valence-electron chi connectivity index (χ0n) is 15.8. The molecule has 1 aromatic heterocycles. The summed E-state index contributed by atoms with van der Waals surface area (Å²) in [7, 11) is 3.40. The molecule has 2 heterocycles. The van der Waals surface area contributed by atoms with E-state index < -0.39 is 0 Å². The van der Waals surface area contributed by atoms with Crippen LogP contribution in [0.5, 0.6) is 11.5 Å². The molecule has 0 radical (unpaired) electrons. The van der Waals surface area contributed by atoms with Crippen molar-refractivity contribution in [2.75, 3.05) is 27.3 Å². The largest absolute Gasteiger partial charge is 0.497 e. The Kier molecular flexibility index (Phi) is 5.12. The van der Waals surface area contributed by atoms with E-state index in [2.05, 4.69) is 45.4 Å². The molecular weight excluding hydrogens is 338 g/mol. The maximum absolute atomic E-state index is 5.31. The van der Waals surface area contributed by atoms with Crippen molar-refractivity contribution in [1.29, 1.82) is 0 Å². The molecule has 0 bridgehead atoms. The number of ether oxygens (including phenoxy) is 2. The zero-order chi connectivity index (χ0) is 18.6. The SMILES string of the molecule is COc1ccc(CN2C[C@@H](c3ccc(OC)cc3)[C@H](c3ccn[nH]3)C2)cc1. The first-order valence-electron chi connectivity index (χ1n) is 9.25. The minimum Gasteiger partial charge on any atom is -0.497 e. The van der Waals surface area contributed by atoms with Gasteiger partial charge >= 0.3 is 0 Å². The van der Waals surface area contributed by atoms with E-state index in [0.29, 0.717) is 11.8 Å². The number of likely N-dealkylation sites (tertiary alicyclic amines) is 1. The second-order valence-corrected chi connectivity index (χ2v) is 7.04. The summed E-state index contributed by atoms with van der Waals surface area (Å²) in [6.45, 7) is 2.95. The number of hydrogen-bond acceptors (Lipinski definition) is 4. The smallest absolute Gasteiger partial charge is 0.118 e. The summed E-state index contributed by atoms with van der Waals surface area (Å²) in [5.41, 5.74) is 3.84. The molecule has 5 nitrogen and oxygen atoms in total. The molecule has 0 unspecified atom stereocenters. The van der Waals surface area contributed by atoms with Gasteiger partial charge in [-0.1, -0.05) is 24.3 Å². The molecule has 140 valence electrons. The third kappa shape index (κ3) is 3.83. The Hall–Kier alpha value is -2.79. The van der Waals surface area contributed by atoms with Crippen molar-refractivity contribution in [1.82, 2.24) is 15.1 Å². The van der Waals surface area contributed by atoms with Crippen LogP contribution >= 0.6 is 0 Å². The average Bonchev–Trinajstić information content (AvgIpc) is 3.38. The molecule has 1 fully saturated rings. The fraction of sp³-hybridized carbons (Fsp3) is 0.318. The van der Waals surface area contributed by atoms with Gasteiger partial charge in [0.1, 0.15) is 11.5 Å². The first-order valence-corrected chi connectivity index (χ1v) is 9.25. The molecule has 1 N–H and O–H groups in total. The second-order valence-electron chi connectivity index (χ2n) is 7.04. The number of aromatic nitrogens is 2. The van der Waals surface area contributed by atoms with Gasteiger partial charge in [0.15, 0.2) is 0 Å². The van der Waals surface area contributed by atoms with Crippen molar-refractivity contribution in [2.24, 2.45) is 0 Å². The Balaban J connectivity index is 1.54. The van der Waals surface area contributed by atoms with Crippen LogP contribution in [-0.2, 0) is 6.54 Å². The quantitative estimate of drug-likeness (QED) is 0.724. The third-order valence-electron chi connectivity index (χ3n) is 5.43. The average molecular weight is 363 g/mol. The molecule has 2 atom stereocenters. The number of H-pyrrole nitrogens is 1. The standard InChI is InChI=1S/C22H25N3O2/c1-26-18-7-3-16(4-8-18)13-25-14-20(17-5-9-19(27-2)10-6-17)21(15-25)22-11-12-23-24-22/h3-12,20-21H,13-15H2,1-2H3,(H,23,24)/t20-,21+/m0/s1. The van der Waals surface area contributed by atoms with E-state index in [9.17, 15) is 0 Å². The lowest BCUT2D eigenvalue weighted by molar-refractivity contribution is 0.323. The monoisotopic (exact) mass is 363 g/mol. The van der Waals surface area contributed by atoms with E-state index in [-0.39, 0.29) is 0 Å². The number of rotatable bonds is 6. The van der Waals surface area contributed by atoms with Gasteiger partial charge in [0.25, 0.3) is 0 Å². The summed E-state index contributed by atoms with van der Waals surface area (Å²) in [4.78, 5) is 2.52. The Labute approximate surface area is 159 Å². The highest BCUT2D eigenvalue weighted by Crippen LogP contribution is 2.39. The van der Waals surface area contributed by atoms with Crippen LogP contribution in [-0.4, -0.2) is 42.4 Å². The predicted molar refractivity (Wildman–Crippen MR) is 105 cm³/mol. The van der Waals surface area contributed by atoms with E-state index in [1.807, 2.05) is 30.5 Å². The Bertz CT molecular complexity index is 844. The number of hydrogen-bond donors (Lipinski definition) is 1. The van der Waals surface area contributed by atoms with Crippen LogP contribution in [0.3, 0.4) is 0 Å². The summed E-state index contributed by atoms with van der Waals surface area (Å²) in [6.07, 6.45) is 1.84. The maximum atomic E-state index is 5.31. The lowest BCUT2D eigenvalue weighted by Crippen LogP contribution is -2.20. The van der Waals surface area contributed by atoms with Crippen molar-refractivity contribution < 1.29 is 9.47 Å². The van der Waals surface area contributed by atoms with Gasteiger partial charge in [0.2, 0.25) is 0 Å². The van der Waals surface area contributed by atoms with Gasteiger partial charge in [-0.15, -0.1) is 0 Å². The number of nitrogens with zero attached hydrogens (tertiary/aromatic N) is 2. The van der Waals surface area contributed by atoms with Gasteiger partial charge in [-0.2, -0.15) is 5.10 Å². The molecule has 0 amide bonds. The predicted octanol–water partition coefficient (Wildman–Crippen LogP) is 3.81. The highest BCUT2D eigenvalue weighted by atomic mass is 16.5. The molecule has 1 aliphatic rings. The van der Waals surface area contributed by atoms with Crippen molar-refractivity contribution in [3.05, 3.63) is 77.6 Å². The maximum Gasteiger partial charge on any atom is 0.118 e. The topological polar surface area (TPSA) is 50.4 Å². The van der Waals surface area contributed by atoms with Crippen molar-refractivity contribution in [3.8, 4) is 11.5 Å². The van der Waals surface area contributed by atoms with Crippen molar-refractivity contribution >= 4 is 0 Å². The molecule has 1 aliphatic heterocycles. The molecular formula is C22H25N3O2. The van der Waals surface area contributed by atoms with Crippen LogP contribution in [0, 0.1) is 0 Å². The highest BCUT2D eigenvalue weighted by Gasteiger charge is 2.35. The summed E-state index contributed by atoms with van der Waals surface area (Å²) in [5, 5.41) is 7.36. The van der Waals surface area contributed by atoms with E-state index in [1.54, 1.807) is 14.2 Å². The van der Waals surface area contributed by atoms with Crippen LogP contribution in [0.1, 0.15) is 28.7 Å². The molecule has 4 rings (SSSR count). The fourth-order valence-electron chi connectivity index (χ4n) is 3.98. The third-order valence-corrected chi connectivity index (χ3v) is 5.43. The van der Waals surface area contributed by atoms with E-state index in [1.165, 1.54) is 16.8 Å². The van der Waals surface area contributed by atoms with Crippen molar-refractivity contribution in [2.45, 2.75) is 18.4 Å². The molecule has 3 aromatic rings. The summed E-state index contributed by atoms with van der Waals surface area (Å²) >= 11 is 0. The van der Waals surface area contributed by atoms with Crippen molar-refractivity contribution in [3.63, 3.8) is 0 Å². The molecule has 27 heavy (non-hydrogen) atoms. The Morgan fingerprint density at radius 3 is 2.11 bits per heavy atom. The minimum atomic E-state index is 0.402. The molecule has 0 spiro atoms. The van der Waals surface area contributed by atoms with Gasteiger partial charge in [-0.3, -0.25) is 10.00 Å². The van der Waals surface area contributed by atoms with E-state index in [4.69, 9.17) is 9.47 Å². The number of aromatic amines is 1. The number of methoxy groups -OCH3 is 2. The van der Waals surface area contributed by atoms with E-state index >= 15 is 0 Å². The summed E-state index contributed by atoms with van der Waals surface area (Å²) < 4.78 is 10.6. The van der Waals surface area contributed by atoms with Gasteiger partial charge in [-0.25, -0.2) is 0 Å². The summed E-state index contributed by atoms with van der Waals surface area (Å²) in [6, 6.07) is 18.9. The summed E-state index contributed by atoms with van der Waals surface area (Å²) in [5.74, 6) is 2.62. The second kappa shape index (κ2) is 7.84. The minimum absolute atomic E-state index is 0.402. The number of nitrogens with one attached hydrogen (secondary N) is 1. The highest BCUT2D eigenvalue weighted by molar-refractivity contribution is 5.34. The molecule has 0 aliphatic carbocycles. The lowest BCUT2D eigenvalue weighted by Gasteiger charge is -2.18. The van der Waals surface area contributed by atoms with Crippen LogP contribution in [0.15, 0.2) is 60.8 Å². The fourth-order valence-corrected chi connectivity index (χ4v) is 3.98. The van der Waals surface area contributed by atoms with Crippen LogP contribution in [0.4, 0.5) is 0 Å². The zero-order valence-corrected chi connectivity index (χ0v) is 15.8. The molecule has 2 aromatic carbocycles. The Morgan fingerprint density at radius 1 is 0.889 bits per heavy atom. The van der Waals surface area contributed by atoms with Crippen LogP contribution in [0.2, 0.25) is 0 Å². The van der Waals surface area contributed by atoms with Gasteiger partial charge < -0.3 is 9.47 Å². The normalized spacial score (nSPS) is 19.9. The van der Waals surface area contributed by atoms with Gasteiger partial charge in [0.05, 0.1) is 14.2 Å². The lowest BCUT2D eigenvalue weighted by atomic mass is 9.87. The number of benzene rings is 2. The first-order chi connectivity index (χ1) is 13.3. The van der Waals surface area contributed by atoms with Crippen LogP contribution in [0.25, 0.3) is 0 Å². The molecule has 1 saturated heterocycles. The van der Waals surface area contributed by atoms with Gasteiger partial charge in [-0.05, 0) is 41.5 Å². The van der Waals surface area contributed by atoms with E-state index in [0.717, 1.165) is 31.1 Å². The molecule has 5 heteroatoms. The molecule has 0 saturated carbocycles. The van der Waals surface area contributed by atoms with Crippen LogP contribution < -0.4 is 9.47 Å². The van der Waals surface area contributed by atoms with Gasteiger partial charge in [0, 0.05) is 43.4 Å². The first kappa shape index (κ1) is 17.6. The Morgan fingerprint density at radius 2 is 1.52 bits per heavy atom.